The highest BCUT2D eigenvalue weighted by molar-refractivity contribution is 8.14. The molecule has 0 radical (unpaired) electrons. The van der Waals surface area contributed by atoms with Crippen molar-refractivity contribution in [2.24, 2.45) is 10.2 Å². The van der Waals surface area contributed by atoms with Crippen molar-refractivity contribution in [1.29, 1.82) is 0 Å². The van der Waals surface area contributed by atoms with Crippen molar-refractivity contribution >= 4 is 45.1 Å². The number of hydrogen-bond donors (Lipinski definition) is 3. The van der Waals surface area contributed by atoms with Gasteiger partial charge in [-0.25, -0.2) is 0 Å². The predicted molar refractivity (Wildman–Crippen MR) is 77.3 cm³/mol. The number of thioether (sulfide) groups is 1. The van der Waals surface area contributed by atoms with Gasteiger partial charge in [0.2, 0.25) is 0 Å². The van der Waals surface area contributed by atoms with Crippen LogP contribution in [0.5, 0.6) is 0 Å². The fraction of sp³-hybridized carbons (Fsp3) is 0.167. The second-order valence-electron chi connectivity index (χ2n) is 3.96. The number of nitrogens with one attached hydrogen (secondary N) is 1. The van der Waals surface area contributed by atoms with Crippen LogP contribution in [0.1, 0.15) is 6.92 Å². The fourth-order valence-corrected chi connectivity index (χ4v) is 2.02. The zero-order valence-corrected chi connectivity index (χ0v) is 12.3. The summed E-state index contributed by atoms with van der Waals surface area (Å²) >= 11 is 1.16. The van der Waals surface area contributed by atoms with Crippen molar-refractivity contribution < 1.29 is 22.6 Å². The molecule has 0 saturated heterocycles. The third-order valence-corrected chi connectivity index (χ3v) is 3.33. The highest BCUT2D eigenvalue weighted by Gasteiger charge is 2.11. The number of amidine groups is 1. The summed E-state index contributed by atoms with van der Waals surface area (Å²) in [5.41, 5.74) is 5.84. The van der Waals surface area contributed by atoms with Crippen LogP contribution in [0.3, 0.4) is 0 Å². The number of ketones is 1. The zero-order chi connectivity index (χ0) is 13.8. The lowest BCUT2D eigenvalue weighted by molar-refractivity contribution is -0.115. The van der Waals surface area contributed by atoms with Crippen molar-refractivity contribution in [2.45, 2.75) is 6.92 Å². The Bertz CT molecular complexity index is 667. The van der Waals surface area contributed by atoms with Crippen LogP contribution in [-0.4, -0.2) is 21.7 Å². The van der Waals surface area contributed by atoms with E-state index in [-0.39, 0.29) is 23.4 Å². The Morgan fingerprint density at radius 1 is 1.40 bits per heavy atom. The summed E-state index contributed by atoms with van der Waals surface area (Å²) in [6.45, 7) is 1.50. The van der Waals surface area contributed by atoms with Crippen LogP contribution in [0.2, 0.25) is 0 Å². The largest absolute Gasteiger partial charge is 1.00 e. The molecule has 106 valence electrons. The van der Waals surface area contributed by atoms with Crippen LogP contribution in [0, 0.1) is 0 Å². The number of anilines is 1. The molecule has 5 N–H and O–H groups in total. The van der Waals surface area contributed by atoms with Crippen LogP contribution in [0.4, 0.5) is 11.6 Å². The number of fused-ring (bicyclic) bond motifs is 1. The number of nitrogen functional groups attached to an aromatic ring is 1. The van der Waals surface area contributed by atoms with Gasteiger partial charge in [0.1, 0.15) is 11.6 Å². The Morgan fingerprint density at radius 3 is 2.70 bits per heavy atom. The number of azo groups is 1. The molecule has 1 aromatic carbocycles. The number of rotatable bonds is 3. The van der Waals surface area contributed by atoms with E-state index in [2.05, 4.69) is 15.2 Å². The number of nitrogens with zero attached hydrogens (tertiary/aromatic N) is 2. The second-order valence-corrected chi connectivity index (χ2v) is 4.96. The molecule has 2 rings (SSSR count). The predicted octanol–water partition coefficient (Wildman–Crippen LogP) is -1.72. The Balaban J connectivity index is 0.00000200. The van der Waals surface area contributed by atoms with E-state index in [0.29, 0.717) is 17.4 Å². The van der Waals surface area contributed by atoms with Crippen LogP contribution in [-0.2, 0) is 4.79 Å². The van der Waals surface area contributed by atoms with E-state index in [1.165, 1.54) is 6.92 Å². The number of H-pyrrole nitrogens is 1. The van der Waals surface area contributed by atoms with Crippen LogP contribution < -0.4 is 23.5 Å². The topological polar surface area (TPSA) is 109 Å². The molecule has 0 spiro atoms. The van der Waals surface area contributed by atoms with E-state index in [9.17, 15) is 4.79 Å². The number of carbonyl (C=O) groups excluding carboxylic acids is 1. The Hall–Kier alpha value is -1.86. The van der Waals surface area contributed by atoms with E-state index in [0.717, 1.165) is 22.5 Å². The summed E-state index contributed by atoms with van der Waals surface area (Å²) in [4.78, 5) is 13.8. The third kappa shape index (κ3) is 3.82. The molecular formula is C12H14ClN5OS. The molecule has 0 aliphatic rings. The summed E-state index contributed by atoms with van der Waals surface area (Å²) in [6, 6.07) is 7.59. The summed E-state index contributed by atoms with van der Waals surface area (Å²) in [5, 5.41) is 15.6. The zero-order valence-electron chi connectivity index (χ0n) is 10.8. The Kier molecular flexibility index (Phi) is 5.72. The minimum Gasteiger partial charge on any atom is -1.00 e. The monoisotopic (exact) mass is 311 g/mol. The lowest BCUT2D eigenvalue weighted by Gasteiger charge is -1.88. The summed E-state index contributed by atoms with van der Waals surface area (Å²) < 4.78 is 0. The maximum absolute atomic E-state index is 10.8. The number of benzene rings is 1. The van der Waals surface area contributed by atoms with Crippen LogP contribution in [0.15, 0.2) is 34.5 Å². The average Bonchev–Trinajstić information content (AvgIpc) is 2.71. The van der Waals surface area contributed by atoms with Gasteiger partial charge in [-0.1, -0.05) is 24.3 Å². The molecule has 8 heteroatoms. The van der Waals surface area contributed by atoms with E-state index in [1.54, 1.807) is 0 Å². The van der Waals surface area contributed by atoms with Gasteiger partial charge in [-0.05, 0) is 23.8 Å². The highest BCUT2D eigenvalue weighted by atomic mass is 35.5. The van der Waals surface area contributed by atoms with Crippen molar-refractivity contribution in [1.82, 2.24) is 4.98 Å². The van der Waals surface area contributed by atoms with Crippen LogP contribution in [0.25, 0.3) is 10.8 Å². The first kappa shape index (κ1) is 16.2. The van der Waals surface area contributed by atoms with Gasteiger partial charge in [0.15, 0.2) is 5.82 Å². The van der Waals surface area contributed by atoms with E-state index < -0.39 is 0 Å². The number of aromatic amines is 1. The van der Waals surface area contributed by atoms with Gasteiger partial charge >= 0.3 is 5.17 Å². The van der Waals surface area contributed by atoms with Crippen molar-refractivity contribution in [2.75, 3.05) is 11.5 Å². The first-order valence-corrected chi connectivity index (χ1v) is 6.59. The lowest BCUT2D eigenvalue weighted by atomic mass is 10.2. The first-order valence-electron chi connectivity index (χ1n) is 5.60. The molecule has 0 bridgehead atoms. The van der Waals surface area contributed by atoms with Gasteiger partial charge in [-0.3, -0.25) is 10.2 Å². The molecule has 0 amide bonds. The molecule has 0 unspecified atom stereocenters. The number of aromatic nitrogens is 1. The summed E-state index contributed by atoms with van der Waals surface area (Å²) in [5.74, 6) is 1.43. The molecule has 0 fully saturated rings. The van der Waals surface area contributed by atoms with Gasteiger partial charge in [-0.2, -0.15) is 0 Å². The lowest BCUT2D eigenvalue weighted by Crippen LogP contribution is -3.00. The Labute approximate surface area is 126 Å². The Morgan fingerprint density at radius 2 is 2.05 bits per heavy atom. The van der Waals surface area contributed by atoms with Gasteiger partial charge in [0, 0.05) is 10.8 Å². The number of Topliss-reactive ketones (excluding diaryl/α,β-unsaturated/α-hetero) is 1. The second kappa shape index (κ2) is 7.06. The van der Waals surface area contributed by atoms with Gasteiger partial charge in [-0.15, -0.1) is 0 Å². The molecule has 1 aromatic heterocycles. The van der Waals surface area contributed by atoms with Crippen molar-refractivity contribution in [3.05, 3.63) is 24.3 Å². The molecule has 20 heavy (non-hydrogen) atoms. The van der Waals surface area contributed by atoms with Crippen molar-refractivity contribution in [3.8, 4) is 0 Å². The van der Waals surface area contributed by atoms with E-state index in [4.69, 9.17) is 11.1 Å². The SMILES string of the molecule is CC(=O)CSC(=[NH2+])/N=N/c1[nH]c(N)c2ccccc12.[Cl-]. The molecule has 0 aliphatic heterocycles. The molecule has 0 saturated carbocycles. The molecule has 6 nitrogen and oxygen atoms in total. The smallest absolute Gasteiger partial charge is 0.377 e. The molecule has 2 aromatic rings. The fourth-order valence-electron chi connectivity index (χ4n) is 1.57. The highest BCUT2D eigenvalue weighted by Crippen LogP contribution is 2.30. The number of halogens is 1. The normalized spacial score (nSPS) is 10.7. The van der Waals surface area contributed by atoms with Gasteiger partial charge in [0.25, 0.3) is 0 Å². The average molecular weight is 312 g/mol. The quantitative estimate of drug-likeness (QED) is 0.356. The van der Waals surface area contributed by atoms with Crippen LogP contribution >= 0.6 is 11.8 Å². The molecule has 0 aliphatic carbocycles. The van der Waals surface area contributed by atoms with Gasteiger partial charge in [0.05, 0.1) is 10.9 Å². The van der Waals surface area contributed by atoms with E-state index in [1.807, 2.05) is 24.3 Å². The maximum Gasteiger partial charge on any atom is 0.377 e. The molecule has 0 atom stereocenters. The molecular weight excluding hydrogens is 298 g/mol. The van der Waals surface area contributed by atoms with E-state index >= 15 is 0 Å². The van der Waals surface area contributed by atoms with Gasteiger partial charge < -0.3 is 23.1 Å². The number of hydrogen-bond acceptors (Lipinski definition) is 4. The summed E-state index contributed by atoms with van der Waals surface area (Å²) in [6.07, 6.45) is 0. The number of carbonyl (C=O) groups is 1. The minimum absolute atomic E-state index is 0. The third-order valence-electron chi connectivity index (χ3n) is 2.40. The van der Waals surface area contributed by atoms with Crippen molar-refractivity contribution in [3.63, 3.8) is 0 Å². The number of nitrogens with two attached hydrogens (primary N) is 2. The minimum atomic E-state index is 0. The maximum atomic E-state index is 10.8. The standard InChI is InChI=1S/C12H13N5OS.ClH/c1-7(18)6-19-12(14)17-16-11-9-5-3-2-4-8(9)10(13)15-11;/h2-5,14-15H,6,13H2,1H3;1H/b14-12?,17-16+;. The molecule has 1 heterocycles. The first-order chi connectivity index (χ1) is 9.08. The summed E-state index contributed by atoms with van der Waals surface area (Å²) in [7, 11) is 0.